The molecule has 1 N–H and O–H groups in total. The van der Waals surface area contributed by atoms with Gasteiger partial charge in [0.25, 0.3) is 0 Å². The van der Waals surface area contributed by atoms with Crippen molar-refractivity contribution < 1.29 is 16.8 Å². The molecule has 19 heavy (non-hydrogen) atoms. The van der Waals surface area contributed by atoms with E-state index < -0.39 is 25.1 Å². The molecular formula is C11H22ClNO4S2. The van der Waals surface area contributed by atoms with Gasteiger partial charge in [0.05, 0.1) is 16.8 Å². The highest BCUT2D eigenvalue weighted by Gasteiger charge is 2.32. The number of hydrogen-bond donors (Lipinski definition) is 1. The standard InChI is InChI=1S/C11H22ClNO4S2/c1-2-10(3-6-12)9-13-19(16,17)11-4-7-18(14,15)8-5-11/h10-11,13H,2-9H2,1H3. The fourth-order valence-electron chi connectivity index (χ4n) is 2.14. The van der Waals surface area contributed by atoms with Crippen molar-refractivity contribution in [1.29, 1.82) is 0 Å². The van der Waals surface area contributed by atoms with Crippen molar-refractivity contribution >= 4 is 31.5 Å². The maximum absolute atomic E-state index is 12.1. The first-order valence-corrected chi connectivity index (χ1v) is 10.5. The lowest BCUT2D eigenvalue weighted by Gasteiger charge is -2.23. The van der Waals surface area contributed by atoms with E-state index in [1.54, 1.807) is 0 Å². The van der Waals surface area contributed by atoms with Crippen LogP contribution in [0.3, 0.4) is 0 Å². The van der Waals surface area contributed by atoms with Crippen LogP contribution in [0.15, 0.2) is 0 Å². The van der Waals surface area contributed by atoms with Crippen LogP contribution in [0, 0.1) is 5.92 Å². The summed E-state index contributed by atoms with van der Waals surface area (Å²) in [6.07, 6.45) is 2.04. The van der Waals surface area contributed by atoms with Crippen LogP contribution >= 0.6 is 11.6 Å². The molecule has 0 spiro atoms. The second kappa shape index (κ2) is 7.24. The first kappa shape index (κ1) is 17.2. The summed E-state index contributed by atoms with van der Waals surface area (Å²) in [5.74, 6) is 0.691. The largest absolute Gasteiger partial charge is 0.229 e. The van der Waals surface area contributed by atoms with Gasteiger partial charge in [0.2, 0.25) is 10.0 Å². The molecular weight excluding hydrogens is 310 g/mol. The summed E-state index contributed by atoms with van der Waals surface area (Å²) in [6.45, 7) is 2.38. The highest BCUT2D eigenvalue weighted by atomic mass is 35.5. The number of halogens is 1. The van der Waals surface area contributed by atoms with Gasteiger partial charge in [0, 0.05) is 12.4 Å². The molecule has 0 radical (unpaired) electrons. The van der Waals surface area contributed by atoms with Gasteiger partial charge in [-0.05, 0) is 25.2 Å². The Kier molecular flexibility index (Phi) is 6.56. The minimum Gasteiger partial charge on any atom is -0.229 e. The van der Waals surface area contributed by atoms with Crippen molar-refractivity contribution in [1.82, 2.24) is 4.72 Å². The highest BCUT2D eigenvalue weighted by molar-refractivity contribution is 7.92. The summed E-state index contributed by atoms with van der Waals surface area (Å²) in [6, 6.07) is 0. The molecule has 114 valence electrons. The fourth-order valence-corrected chi connectivity index (χ4v) is 5.79. The van der Waals surface area contributed by atoms with Crippen LogP contribution in [0.25, 0.3) is 0 Å². The summed E-state index contributed by atoms with van der Waals surface area (Å²) in [5.41, 5.74) is 0. The van der Waals surface area contributed by atoms with E-state index in [1.807, 2.05) is 6.92 Å². The summed E-state index contributed by atoms with van der Waals surface area (Å²) < 4.78 is 49.4. The van der Waals surface area contributed by atoms with E-state index in [1.165, 1.54) is 0 Å². The molecule has 1 rings (SSSR count). The summed E-state index contributed by atoms with van der Waals surface area (Å²) in [5, 5.41) is -0.579. The average Bonchev–Trinajstić information content (AvgIpc) is 2.34. The number of nitrogens with one attached hydrogen (secondary N) is 1. The van der Waals surface area contributed by atoms with Gasteiger partial charge in [-0.1, -0.05) is 13.3 Å². The Morgan fingerprint density at radius 1 is 1.32 bits per heavy atom. The van der Waals surface area contributed by atoms with Crippen LogP contribution in [0.1, 0.15) is 32.6 Å². The van der Waals surface area contributed by atoms with Gasteiger partial charge in [-0.2, -0.15) is 0 Å². The van der Waals surface area contributed by atoms with Crippen LogP contribution in [-0.2, 0) is 19.9 Å². The summed E-state index contributed by atoms with van der Waals surface area (Å²) in [7, 11) is -6.44. The molecule has 1 aliphatic heterocycles. The minimum atomic E-state index is -3.41. The van der Waals surface area contributed by atoms with E-state index in [9.17, 15) is 16.8 Å². The predicted molar refractivity (Wildman–Crippen MR) is 77.7 cm³/mol. The maximum atomic E-state index is 12.1. The zero-order valence-corrected chi connectivity index (χ0v) is 13.5. The minimum absolute atomic E-state index is 0.0303. The molecule has 0 bridgehead atoms. The Bertz CT molecular complexity index is 461. The third-order valence-corrected chi connectivity index (χ3v) is 7.46. The lowest BCUT2D eigenvalue weighted by Crippen LogP contribution is -2.41. The van der Waals surface area contributed by atoms with Crippen molar-refractivity contribution in [3.05, 3.63) is 0 Å². The zero-order valence-electron chi connectivity index (χ0n) is 11.1. The van der Waals surface area contributed by atoms with E-state index in [2.05, 4.69) is 4.72 Å². The topological polar surface area (TPSA) is 80.3 Å². The van der Waals surface area contributed by atoms with Crippen molar-refractivity contribution in [3.63, 3.8) is 0 Å². The number of sulfone groups is 1. The Balaban J connectivity index is 2.52. The molecule has 1 fully saturated rings. The quantitative estimate of drug-likeness (QED) is 0.709. The number of rotatable bonds is 7. The summed E-state index contributed by atoms with van der Waals surface area (Å²) >= 11 is 5.66. The second-order valence-corrected chi connectivity index (χ2v) is 9.72. The highest BCUT2D eigenvalue weighted by Crippen LogP contribution is 2.19. The average molecular weight is 332 g/mol. The van der Waals surface area contributed by atoms with Crippen molar-refractivity contribution in [2.24, 2.45) is 5.92 Å². The molecule has 1 saturated heterocycles. The van der Waals surface area contributed by atoms with Crippen molar-refractivity contribution in [2.45, 2.75) is 37.9 Å². The molecule has 0 aromatic carbocycles. The van der Waals surface area contributed by atoms with Crippen LogP contribution in [0.2, 0.25) is 0 Å². The van der Waals surface area contributed by atoms with E-state index in [4.69, 9.17) is 11.6 Å². The molecule has 1 heterocycles. The Morgan fingerprint density at radius 3 is 2.37 bits per heavy atom. The molecule has 5 nitrogen and oxygen atoms in total. The molecule has 1 unspecified atom stereocenters. The summed E-state index contributed by atoms with van der Waals surface area (Å²) in [4.78, 5) is 0. The SMILES string of the molecule is CCC(CCCl)CNS(=O)(=O)C1CCS(=O)(=O)CC1. The van der Waals surface area contributed by atoms with Gasteiger partial charge in [0.1, 0.15) is 9.84 Å². The monoisotopic (exact) mass is 331 g/mol. The third kappa shape index (κ3) is 5.57. The van der Waals surface area contributed by atoms with Crippen LogP contribution in [0.5, 0.6) is 0 Å². The van der Waals surface area contributed by atoms with Gasteiger partial charge in [0.15, 0.2) is 0 Å². The third-order valence-electron chi connectivity index (χ3n) is 3.61. The molecule has 1 aliphatic rings. The molecule has 0 saturated carbocycles. The Labute approximate surface area is 121 Å². The molecule has 0 amide bonds. The van der Waals surface area contributed by atoms with Gasteiger partial charge in [-0.15, -0.1) is 11.6 Å². The van der Waals surface area contributed by atoms with Crippen molar-refractivity contribution in [2.75, 3.05) is 23.9 Å². The first-order valence-electron chi connectivity index (χ1n) is 6.55. The van der Waals surface area contributed by atoms with Gasteiger partial charge in [-0.25, -0.2) is 21.6 Å². The van der Waals surface area contributed by atoms with E-state index in [-0.39, 0.29) is 30.3 Å². The first-order chi connectivity index (χ1) is 8.80. The lowest BCUT2D eigenvalue weighted by atomic mass is 10.0. The van der Waals surface area contributed by atoms with Crippen LogP contribution in [0.4, 0.5) is 0 Å². The molecule has 0 aromatic rings. The van der Waals surface area contributed by atoms with Crippen molar-refractivity contribution in [3.8, 4) is 0 Å². The van der Waals surface area contributed by atoms with E-state index >= 15 is 0 Å². The molecule has 0 aromatic heterocycles. The second-order valence-electron chi connectivity index (χ2n) is 5.00. The fraction of sp³-hybridized carbons (Fsp3) is 1.00. The van der Waals surface area contributed by atoms with E-state index in [0.29, 0.717) is 12.4 Å². The van der Waals surface area contributed by atoms with Gasteiger partial charge in [-0.3, -0.25) is 0 Å². The number of sulfonamides is 1. The zero-order chi connectivity index (χ0) is 14.5. The van der Waals surface area contributed by atoms with Crippen LogP contribution in [-0.4, -0.2) is 46.0 Å². The lowest BCUT2D eigenvalue weighted by molar-refractivity contribution is 0.475. The molecule has 1 atom stereocenters. The van der Waals surface area contributed by atoms with Gasteiger partial charge >= 0.3 is 0 Å². The number of hydrogen-bond acceptors (Lipinski definition) is 4. The maximum Gasteiger partial charge on any atom is 0.214 e. The molecule has 8 heteroatoms. The smallest absolute Gasteiger partial charge is 0.214 e. The van der Waals surface area contributed by atoms with Gasteiger partial charge < -0.3 is 0 Å². The Morgan fingerprint density at radius 2 is 1.89 bits per heavy atom. The Hall–Kier alpha value is 0.150. The predicted octanol–water partition coefficient (Wildman–Crippen LogP) is 1.14. The molecule has 0 aliphatic carbocycles. The normalized spacial score (nSPS) is 22.2. The number of alkyl halides is 1. The van der Waals surface area contributed by atoms with Crippen LogP contribution < -0.4 is 4.72 Å². The van der Waals surface area contributed by atoms with E-state index in [0.717, 1.165) is 12.8 Å².